The molecule has 0 aliphatic carbocycles. The van der Waals surface area contributed by atoms with Crippen molar-refractivity contribution in [1.29, 1.82) is 0 Å². The largest absolute Gasteiger partial charge is 0.481 e. The van der Waals surface area contributed by atoms with Crippen molar-refractivity contribution in [3.63, 3.8) is 0 Å². The Bertz CT molecular complexity index is 955. The number of rotatable bonds is 5. The Kier molecular flexibility index (Phi) is 5.07. The maximum absolute atomic E-state index is 11.5. The van der Waals surface area contributed by atoms with E-state index in [1.165, 1.54) is 10.4 Å². The van der Waals surface area contributed by atoms with Gasteiger partial charge in [0.05, 0.1) is 11.3 Å². The second kappa shape index (κ2) is 7.64. The van der Waals surface area contributed by atoms with Gasteiger partial charge in [-0.3, -0.25) is 4.79 Å². The Balaban J connectivity index is 1.75. The number of benzene rings is 1. The molecule has 0 spiro atoms. The van der Waals surface area contributed by atoms with Crippen LogP contribution in [0.15, 0.2) is 36.4 Å². The summed E-state index contributed by atoms with van der Waals surface area (Å²) in [6.45, 7) is 3.51. The highest BCUT2D eigenvalue weighted by atomic mass is 32.1. The quantitative estimate of drug-likeness (QED) is 0.719. The Hall–Kier alpha value is -2.47. The van der Waals surface area contributed by atoms with Crippen molar-refractivity contribution in [2.45, 2.75) is 32.6 Å². The molecule has 1 aliphatic heterocycles. The van der Waals surface area contributed by atoms with Gasteiger partial charge in [-0.2, -0.15) is 0 Å². The first-order valence-corrected chi connectivity index (χ1v) is 10.3. The van der Waals surface area contributed by atoms with Crippen LogP contribution in [-0.4, -0.2) is 34.1 Å². The van der Waals surface area contributed by atoms with Crippen molar-refractivity contribution in [3.05, 3.63) is 52.7 Å². The van der Waals surface area contributed by atoms with E-state index in [4.69, 9.17) is 9.97 Å². The van der Waals surface area contributed by atoms with E-state index in [0.717, 1.165) is 47.7 Å². The predicted molar refractivity (Wildman–Crippen MR) is 109 cm³/mol. The summed E-state index contributed by atoms with van der Waals surface area (Å²) in [4.78, 5) is 25.6. The number of carbonyl (C=O) groups is 1. The Morgan fingerprint density at radius 2 is 2.11 bits per heavy atom. The molecule has 1 aliphatic rings. The third kappa shape index (κ3) is 3.81. The van der Waals surface area contributed by atoms with Gasteiger partial charge >= 0.3 is 5.97 Å². The highest BCUT2D eigenvalue weighted by molar-refractivity contribution is 7.18. The van der Waals surface area contributed by atoms with Crippen LogP contribution in [-0.2, 0) is 17.6 Å². The molecule has 0 amide bonds. The third-order valence-electron chi connectivity index (χ3n) is 5.09. The molecule has 27 heavy (non-hydrogen) atoms. The first-order valence-electron chi connectivity index (χ1n) is 9.45. The van der Waals surface area contributed by atoms with Crippen LogP contribution < -0.4 is 4.90 Å². The smallest absolute Gasteiger partial charge is 0.308 e. The van der Waals surface area contributed by atoms with Gasteiger partial charge in [0, 0.05) is 24.4 Å². The van der Waals surface area contributed by atoms with E-state index in [1.54, 1.807) is 11.3 Å². The Morgan fingerprint density at radius 3 is 2.85 bits per heavy atom. The van der Waals surface area contributed by atoms with Crippen LogP contribution in [0, 0.1) is 5.92 Å². The van der Waals surface area contributed by atoms with E-state index >= 15 is 0 Å². The number of hydrogen-bond acceptors (Lipinski definition) is 5. The molecule has 1 N–H and O–H groups in total. The highest BCUT2D eigenvalue weighted by Gasteiger charge is 2.28. The van der Waals surface area contributed by atoms with Gasteiger partial charge in [-0.05, 0) is 30.9 Å². The number of carboxylic acids is 1. The number of fused-ring (bicyclic) bond motifs is 1. The second-order valence-corrected chi connectivity index (χ2v) is 8.15. The summed E-state index contributed by atoms with van der Waals surface area (Å²) in [5, 5.41) is 10.5. The summed E-state index contributed by atoms with van der Waals surface area (Å²) >= 11 is 1.71. The number of hydrogen-bond donors (Lipinski definition) is 1. The zero-order chi connectivity index (χ0) is 18.8. The monoisotopic (exact) mass is 381 g/mol. The zero-order valence-corrected chi connectivity index (χ0v) is 16.2. The fourth-order valence-electron chi connectivity index (χ4n) is 3.64. The third-order valence-corrected chi connectivity index (χ3v) is 6.27. The fraction of sp³-hybridized carbons (Fsp3) is 0.381. The summed E-state index contributed by atoms with van der Waals surface area (Å²) in [6, 6.07) is 12.4. The molecule has 1 fully saturated rings. The van der Waals surface area contributed by atoms with Crippen LogP contribution in [0.3, 0.4) is 0 Å². The molecule has 140 valence electrons. The van der Waals surface area contributed by atoms with Gasteiger partial charge in [0.2, 0.25) is 0 Å². The predicted octanol–water partition coefficient (Wildman–Crippen LogP) is 4.15. The summed E-state index contributed by atoms with van der Waals surface area (Å²) in [5.41, 5.74) is 1.18. The molecule has 0 bridgehead atoms. The number of thiophene rings is 1. The van der Waals surface area contributed by atoms with Crippen molar-refractivity contribution in [2.75, 3.05) is 18.0 Å². The number of aromatic nitrogens is 2. The van der Waals surface area contributed by atoms with Crippen LogP contribution in [0.2, 0.25) is 0 Å². The van der Waals surface area contributed by atoms with Gasteiger partial charge in [-0.1, -0.05) is 37.3 Å². The molecule has 3 aromatic rings. The first-order chi connectivity index (χ1) is 13.1. The SMILES string of the molecule is CCc1cc2c(N3CCCC(C(=O)O)C3)nc(Cc3ccccc3)nc2s1. The standard InChI is InChI=1S/C21H23N3O2S/c1-2-16-12-17-19(24-10-6-9-15(13-24)21(25)26)22-18(23-20(17)27-16)11-14-7-4-3-5-8-14/h3-5,7-8,12,15H,2,6,9-11,13H2,1H3,(H,25,26). The topological polar surface area (TPSA) is 66.3 Å². The number of nitrogens with zero attached hydrogens (tertiary/aromatic N) is 3. The maximum Gasteiger partial charge on any atom is 0.308 e. The van der Waals surface area contributed by atoms with E-state index in [0.29, 0.717) is 13.0 Å². The average Bonchev–Trinajstić information content (AvgIpc) is 3.11. The second-order valence-electron chi connectivity index (χ2n) is 7.03. The van der Waals surface area contributed by atoms with Crippen LogP contribution in [0.1, 0.15) is 36.0 Å². The van der Waals surface area contributed by atoms with Crippen LogP contribution in [0.4, 0.5) is 5.82 Å². The van der Waals surface area contributed by atoms with E-state index < -0.39 is 5.97 Å². The molecule has 5 nitrogen and oxygen atoms in total. The lowest BCUT2D eigenvalue weighted by molar-refractivity contribution is -0.141. The number of carboxylic acid groups (broad SMARTS) is 1. The number of piperidine rings is 1. The van der Waals surface area contributed by atoms with Crippen molar-refractivity contribution >= 4 is 33.3 Å². The highest BCUT2D eigenvalue weighted by Crippen LogP contribution is 2.33. The molecule has 6 heteroatoms. The lowest BCUT2D eigenvalue weighted by Crippen LogP contribution is -2.39. The zero-order valence-electron chi connectivity index (χ0n) is 15.4. The first kappa shape index (κ1) is 17.9. The number of anilines is 1. The molecule has 0 saturated carbocycles. The molecular weight excluding hydrogens is 358 g/mol. The van der Waals surface area contributed by atoms with E-state index in [1.807, 2.05) is 18.2 Å². The van der Waals surface area contributed by atoms with Crippen LogP contribution in [0.5, 0.6) is 0 Å². The van der Waals surface area contributed by atoms with E-state index in [9.17, 15) is 9.90 Å². The molecule has 0 radical (unpaired) electrons. The normalized spacial score (nSPS) is 17.4. The Labute approximate surface area is 162 Å². The molecule has 4 rings (SSSR count). The maximum atomic E-state index is 11.5. The molecule has 2 aromatic heterocycles. The van der Waals surface area contributed by atoms with Crippen LogP contribution in [0.25, 0.3) is 10.2 Å². The fourth-order valence-corrected chi connectivity index (χ4v) is 4.62. The van der Waals surface area contributed by atoms with Gasteiger partial charge in [-0.15, -0.1) is 11.3 Å². The van der Waals surface area contributed by atoms with Crippen molar-refractivity contribution < 1.29 is 9.90 Å². The minimum absolute atomic E-state index is 0.328. The van der Waals surface area contributed by atoms with E-state index in [2.05, 4.69) is 30.0 Å². The summed E-state index contributed by atoms with van der Waals surface area (Å²) in [6.07, 6.45) is 3.26. The van der Waals surface area contributed by atoms with Gasteiger partial charge in [-0.25, -0.2) is 9.97 Å². The minimum atomic E-state index is -0.714. The molecule has 1 unspecified atom stereocenters. The summed E-state index contributed by atoms with van der Waals surface area (Å²) in [5.74, 6) is 0.651. The van der Waals surface area contributed by atoms with Gasteiger partial charge in [0.25, 0.3) is 0 Å². The molecule has 1 aromatic carbocycles. The van der Waals surface area contributed by atoms with Gasteiger partial charge in [0.1, 0.15) is 16.5 Å². The van der Waals surface area contributed by atoms with Gasteiger partial charge < -0.3 is 10.0 Å². The summed E-state index contributed by atoms with van der Waals surface area (Å²) < 4.78 is 0. The van der Waals surface area contributed by atoms with E-state index in [-0.39, 0.29) is 5.92 Å². The molecule has 3 heterocycles. The number of aliphatic carboxylic acids is 1. The lowest BCUT2D eigenvalue weighted by Gasteiger charge is -2.32. The van der Waals surface area contributed by atoms with Crippen molar-refractivity contribution in [1.82, 2.24) is 9.97 Å². The molecular formula is C21H23N3O2S. The molecule has 1 atom stereocenters. The van der Waals surface area contributed by atoms with Gasteiger partial charge in [0.15, 0.2) is 0 Å². The minimum Gasteiger partial charge on any atom is -0.481 e. The average molecular weight is 382 g/mol. The van der Waals surface area contributed by atoms with Crippen molar-refractivity contribution in [3.8, 4) is 0 Å². The van der Waals surface area contributed by atoms with Crippen molar-refractivity contribution in [2.24, 2.45) is 5.92 Å². The van der Waals surface area contributed by atoms with Crippen LogP contribution >= 0.6 is 11.3 Å². The lowest BCUT2D eigenvalue weighted by atomic mass is 9.98. The Morgan fingerprint density at radius 1 is 1.30 bits per heavy atom. The number of aryl methyl sites for hydroxylation is 1. The summed E-state index contributed by atoms with van der Waals surface area (Å²) in [7, 11) is 0. The molecule has 1 saturated heterocycles.